The van der Waals surface area contributed by atoms with Gasteiger partial charge in [0.25, 0.3) is 0 Å². The summed E-state index contributed by atoms with van der Waals surface area (Å²) in [5, 5.41) is 2.88. The largest absolute Gasteiger partial charge is 0.379 e. The predicted molar refractivity (Wildman–Crippen MR) is 50.6 cm³/mol. The summed E-state index contributed by atoms with van der Waals surface area (Å²) in [6, 6.07) is 0.121. The fourth-order valence-corrected chi connectivity index (χ4v) is 1.21. The normalized spacial score (nSPS) is 21.2. The predicted octanol–water partition coefficient (Wildman–Crippen LogP) is 0.603. The molecule has 13 heavy (non-hydrogen) atoms. The molecule has 1 rings (SSSR count). The van der Waals surface area contributed by atoms with Crippen molar-refractivity contribution in [1.29, 1.82) is 0 Å². The number of nitrogens with zero attached hydrogens (tertiary/aromatic N) is 1. The number of rotatable bonds is 3. The molecule has 0 spiro atoms. The minimum absolute atomic E-state index is 0.0598. The second-order valence-corrected chi connectivity index (χ2v) is 3.18. The van der Waals surface area contributed by atoms with Crippen molar-refractivity contribution in [2.45, 2.75) is 12.5 Å². The molecular formula is C9H16N2O2. The summed E-state index contributed by atoms with van der Waals surface area (Å²) in [5.74, 6) is 0. The van der Waals surface area contributed by atoms with Crippen LogP contribution in [0.25, 0.3) is 0 Å². The third kappa shape index (κ3) is 3.06. The number of carbonyl (C=O) groups is 1. The molecule has 1 unspecified atom stereocenters. The molecule has 0 aromatic heterocycles. The molecule has 0 saturated carbocycles. The summed E-state index contributed by atoms with van der Waals surface area (Å²) in [5.41, 5.74) is 0. The van der Waals surface area contributed by atoms with Crippen molar-refractivity contribution in [1.82, 2.24) is 10.2 Å². The van der Waals surface area contributed by atoms with Gasteiger partial charge >= 0.3 is 6.03 Å². The molecule has 0 radical (unpaired) electrons. The topological polar surface area (TPSA) is 41.6 Å². The van der Waals surface area contributed by atoms with Gasteiger partial charge in [0.2, 0.25) is 0 Å². The fraction of sp³-hybridized carbons (Fsp3) is 0.667. The van der Waals surface area contributed by atoms with Crippen molar-refractivity contribution in [2.75, 3.05) is 26.8 Å². The molecule has 0 aromatic rings. The molecule has 1 aliphatic heterocycles. The Morgan fingerprint density at radius 3 is 3.15 bits per heavy atom. The number of hydrogen-bond acceptors (Lipinski definition) is 2. The second kappa shape index (κ2) is 4.87. The molecular weight excluding hydrogens is 168 g/mol. The van der Waals surface area contributed by atoms with E-state index in [-0.39, 0.29) is 12.1 Å². The van der Waals surface area contributed by atoms with Crippen LogP contribution in [0, 0.1) is 0 Å². The molecule has 0 aromatic carbocycles. The van der Waals surface area contributed by atoms with Crippen molar-refractivity contribution >= 4 is 6.03 Å². The minimum Gasteiger partial charge on any atom is -0.379 e. The van der Waals surface area contributed by atoms with E-state index in [1.54, 1.807) is 18.0 Å². The van der Waals surface area contributed by atoms with Gasteiger partial charge in [0.1, 0.15) is 0 Å². The average Bonchev–Trinajstić information content (AvgIpc) is 2.57. The van der Waals surface area contributed by atoms with E-state index in [0.29, 0.717) is 13.2 Å². The van der Waals surface area contributed by atoms with Gasteiger partial charge in [-0.3, -0.25) is 0 Å². The van der Waals surface area contributed by atoms with Crippen molar-refractivity contribution in [3.63, 3.8) is 0 Å². The van der Waals surface area contributed by atoms with Crippen LogP contribution in [0.15, 0.2) is 12.7 Å². The summed E-state index contributed by atoms with van der Waals surface area (Å²) in [7, 11) is 1.74. The highest BCUT2D eigenvalue weighted by molar-refractivity contribution is 5.74. The maximum absolute atomic E-state index is 11.4. The summed E-state index contributed by atoms with van der Waals surface area (Å²) >= 11 is 0. The molecule has 4 heteroatoms. The van der Waals surface area contributed by atoms with Gasteiger partial charge in [0, 0.05) is 20.2 Å². The average molecular weight is 184 g/mol. The van der Waals surface area contributed by atoms with Crippen molar-refractivity contribution in [3.8, 4) is 0 Å². The molecule has 1 heterocycles. The van der Waals surface area contributed by atoms with Gasteiger partial charge in [0.15, 0.2) is 0 Å². The van der Waals surface area contributed by atoms with Crippen LogP contribution in [0.5, 0.6) is 0 Å². The van der Waals surface area contributed by atoms with Crippen LogP contribution in [0.3, 0.4) is 0 Å². The Morgan fingerprint density at radius 1 is 1.85 bits per heavy atom. The SMILES string of the molecule is C=CCN(C)C(=O)NC1CCOC1. The Bertz CT molecular complexity index is 188. The first-order valence-electron chi connectivity index (χ1n) is 4.44. The standard InChI is InChI=1S/C9H16N2O2/c1-3-5-11(2)9(12)10-8-4-6-13-7-8/h3,8H,1,4-7H2,2H3,(H,10,12). The fourth-order valence-electron chi connectivity index (χ4n) is 1.21. The summed E-state index contributed by atoms with van der Waals surface area (Å²) in [6.07, 6.45) is 2.61. The number of ether oxygens (including phenoxy) is 1. The lowest BCUT2D eigenvalue weighted by atomic mass is 10.3. The lowest BCUT2D eigenvalue weighted by Crippen LogP contribution is -2.43. The van der Waals surface area contributed by atoms with Gasteiger partial charge in [-0.05, 0) is 6.42 Å². The van der Waals surface area contributed by atoms with Gasteiger partial charge in [-0.2, -0.15) is 0 Å². The summed E-state index contributed by atoms with van der Waals surface area (Å²) in [6.45, 7) is 5.52. The van der Waals surface area contributed by atoms with Crippen molar-refractivity contribution in [2.24, 2.45) is 0 Å². The Balaban J connectivity index is 2.26. The number of amides is 2. The monoisotopic (exact) mass is 184 g/mol. The Labute approximate surface area is 78.5 Å². The Hall–Kier alpha value is -1.03. The molecule has 4 nitrogen and oxygen atoms in total. The number of hydrogen-bond donors (Lipinski definition) is 1. The molecule has 74 valence electrons. The van der Waals surface area contributed by atoms with E-state index in [0.717, 1.165) is 13.0 Å². The third-order valence-electron chi connectivity index (χ3n) is 2.01. The third-order valence-corrected chi connectivity index (χ3v) is 2.01. The van der Waals surface area contributed by atoms with E-state index in [1.165, 1.54) is 0 Å². The van der Waals surface area contributed by atoms with E-state index >= 15 is 0 Å². The van der Waals surface area contributed by atoms with Crippen LogP contribution in [-0.2, 0) is 4.74 Å². The quantitative estimate of drug-likeness (QED) is 0.653. The molecule has 1 saturated heterocycles. The van der Waals surface area contributed by atoms with E-state index in [1.807, 2.05) is 0 Å². The first-order valence-corrected chi connectivity index (χ1v) is 4.44. The van der Waals surface area contributed by atoms with Crippen LogP contribution in [0.2, 0.25) is 0 Å². The van der Waals surface area contributed by atoms with E-state index in [4.69, 9.17) is 4.74 Å². The lowest BCUT2D eigenvalue weighted by molar-refractivity contribution is 0.183. The molecule has 1 aliphatic rings. The smallest absolute Gasteiger partial charge is 0.317 e. The van der Waals surface area contributed by atoms with E-state index < -0.39 is 0 Å². The van der Waals surface area contributed by atoms with Crippen molar-refractivity contribution < 1.29 is 9.53 Å². The van der Waals surface area contributed by atoms with Gasteiger partial charge in [-0.25, -0.2) is 4.79 Å². The molecule has 1 fully saturated rings. The van der Waals surface area contributed by atoms with Crippen LogP contribution < -0.4 is 5.32 Å². The number of urea groups is 1. The maximum atomic E-state index is 11.4. The molecule has 0 bridgehead atoms. The van der Waals surface area contributed by atoms with Crippen LogP contribution in [0.4, 0.5) is 4.79 Å². The highest BCUT2D eigenvalue weighted by atomic mass is 16.5. The molecule has 1 atom stereocenters. The number of carbonyl (C=O) groups excluding carboxylic acids is 1. The van der Waals surface area contributed by atoms with E-state index in [2.05, 4.69) is 11.9 Å². The first kappa shape index (κ1) is 10.1. The lowest BCUT2D eigenvalue weighted by Gasteiger charge is -2.18. The maximum Gasteiger partial charge on any atom is 0.317 e. The minimum atomic E-state index is -0.0598. The van der Waals surface area contributed by atoms with Gasteiger partial charge in [-0.15, -0.1) is 6.58 Å². The van der Waals surface area contributed by atoms with Crippen LogP contribution >= 0.6 is 0 Å². The van der Waals surface area contributed by atoms with E-state index in [9.17, 15) is 4.79 Å². The molecule has 1 N–H and O–H groups in total. The first-order chi connectivity index (χ1) is 6.24. The van der Waals surface area contributed by atoms with Gasteiger partial charge < -0.3 is 15.0 Å². The molecule has 0 aliphatic carbocycles. The highest BCUT2D eigenvalue weighted by Crippen LogP contribution is 2.03. The number of likely N-dealkylation sites (N-methyl/N-ethyl adjacent to an activating group) is 1. The van der Waals surface area contributed by atoms with Crippen molar-refractivity contribution in [3.05, 3.63) is 12.7 Å². The molecule has 2 amide bonds. The zero-order chi connectivity index (χ0) is 9.68. The Kier molecular flexibility index (Phi) is 3.76. The van der Waals surface area contributed by atoms with Gasteiger partial charge in [-0.1, -0.05) is 6.08 Å². The van der Waals surface area contributed by atoms with Gasteiger partial charge in [0.05, 0.1) is 12.6 Å². The summed E-state index contributed by atoms with van der Waals surface area (Å²) < 4.78 is 5.14. The summed E-state index contributed by atoms with van der Waals surface area (Å²) in [4.78, 5) is 13.0. The second-order valence-electron chi connectivity index (χ2n) is 3.18. The van der Waals surface area contributed by atoms with Crippen LogP contribution in [0.1, 0.15) is 6.42 Å². The highest BCUT2D eigenvalue weighted by Gasteiger charge is 2.18. The zero-order valence-electron chi connectivity index (χ0n) is 7.95. The van der Waals surface area contributed by atoms with Crippen LogP contribution in [-0.4, -0.2) is 43.8 Å². The zero-order valence-corrected chi connectivity index (χ0v) is 7.95. The Morgan fingerprint density at radius 2 is 2.62 bits per heavy atom. The number of nitrogens with one attached hydrogen (secondary N) is 1.